The second-order valence-electron chi connectivity index (χ2n) is 7.36. The number of rotatable bonds is 4. The van der Waals surface area contributed by atoms with Crippen molar-refractivity contribution in [1.82, 2.24) is 0 Å². The first-order valence-corrected chi connectivity index (χ1v) is 10.4. The number of ether oxygens (including phenoxy) is 1. The van der Waals surface area contributed by atoms with Crippen LogP contribution in [0.25, 0.3) is 0 Å². The molecule has 2 N–H and O–H groups in total. The molecular formula is C19H28N2O6S. The summed E-state index contributed by atoms with van der Waals surface area (Å²) in [4.78, 5) is 35.8. The van der Waals surface area contributed by atoms with Crippen LogP contribution < -0.4 is 10.0 Å². The normalized spacial score (nSPS) is 19.9. The minimum absolute atomic E-state index is 0.0589. The summed E-state index contributed by atoms with van der Waals surface area (Å²) < 4.78 is 26.8. The molecule has 1 saturated heterocycles. The highest BCUT2D eigenvalue weighted by Gasteiger charge is 2.43. The summed E-state index contributed by atoms with van der Waals surface area (Å²) in [6.45, 7) is 9.11. The number of sulfonamides is 1. The Morgan fingerprint density at radius 1 is 1.11 bits per heavy atom. The molecule has 0 aliphatic carbocycles. The van der Waals surface area contributed by atoms with Gasteiger partial charge in [-0.15, -0.1) is 0 Å². The molecule has 2 unspecified atom stereocenters. The van der Waals surface area contributed by atoms with Crippen molar-refractivity contribution >= 4 is 33.5 Å². The molecule has 0 aromatic heterocycles. The molecule has 1 heterocycles. The number of carbonyl (C=O) groups is 3. The Bertz CT molecular complexity index is 826. The maximum absolute atomic E-state index is 12.0. The summed E-state index contributed by atoms with van der Waals surface area (Å²) in [5.74, 6) is -1.43. The quantitative estimate of drug-likeness (QED) is 0.596. The van der Waals surface area contributed by atoms with Gasteiger partial charge in [-0.05, 0) is 44.5 Å². The Balaban J connectivity index is 0.000000370. The molecular weight excluding hydrogens is 384 g/mol. The van der Waals surface area contributed by atoms with Gasteiger partial charge in [-0.3, -0.25) is 19.3 Å². The zero-order valence-corrected chi connectivity index (χ0v) is 17.9. The van der Waals surface area contributed by atoms with Crippen molar-refractivity contribution in [2.45, 2.75) is 45.9 Å². The average molecular weight is 413 g/mol. The van der Waals surface area contributed by atoms with Crippen molar-refractivity contribution in [3.05, 3.63) is 24.3 Å². The summed E-state index contributed by atoms with van der Waals surface area (Å²) in [6.07, 6.45) is 0.819. The molecule has 1 aliphatic rings. The van der Waals surface area contributed by atoms with Gasteiger partial charge < -0.3 is 4.74 Å². The van der Waals surface area contributed by atoms with Gasteiger partial charge in [0, 0.05) is 11.8 Å². The Morgan fingerprint density at radius 3 is 1.82 bits per heavy atom. The van der Waals surface area contributed by atoms with Gasteiger partial charge in [-0.1, -0.05) is 20.8 Å². The van der Waals surface area contributed by atoms with E-state index in [0.29, 0.717) is 5.69 Å². The lowest BCUT2D eigenvalue weighted by Gasteiger charge is -2.17. The van der Waals surface area contributed by atoms with Gasteiger partial charge >= 0.3 is 5.97 Å². The third-order valence-electron chi connectivity index (χ3n) is 5.02. The van der Waals surface area contributed by atoms with Crippen LogP contribution in [-0.2, 0) is 29.1 Å². The molecule has 2 atom stereocenters. The highest BCUT2D eigenvalue weighted by molar-refractivity contribution is 7.89. The smallest absolute Gasteiger partial charge is 0.311 e. The van der Waals surface area contributed by atoms with Crippen molar-refractivity contribution in [2.75, 3.05) is 12.0 Å². The summed E-state index contributed by atoms with van der Waals surface area (Å²) in [5, 5.41) is 4.98. The van der Waals surface area contributed by atoms with E-state index in [1.807, 2.05) is 20.8 Å². The van der Waals surface area contributed by atoms with Gasteiger partial charge in [0.05, 0.1) is 23.1 Å². The van der Waals surface area contributed by atoms with Crippen LogP contribution in [0.4, 0.5) is 5.69 Å². The SMILES string of the molecule is CC1C(=O)N(c2ccc(S(N)(=O)=O)cc2)C(=O)C1C.CCC(C)(C)C(=O)OC. The maximum atomic E-state index is 12.0. The van der Waals surface area contributed by atoms with Crippen LogP contribution in [0.1, 0.15) is 41.0 Å². The molecule has 8 nitrogen and oxygen atoms in total. The van der Waals surface area contributed by atoms with Crippen LogP contribution >= 0.6 is 0 Å². The van der Waals surface area contributed by atoms with Crippen molar-refractivity contribution in [2.24, 2.45) is 22.4 Å². The van der Waals surface area contributed by atoms with Crippen molar-refractivity contribution < 1.29 is 27.5 Å². The fraction of sp³-hybridized carbons (Fsp3) is 0.526. The molecule has 0 spiro atoms. The van der Waals surface area contributed by atoms with E-state index in [2.05, 4.69) is 4.74 Å². The molecule has 2 amide bonds. The first-order chi connectivity index (χ1) is 12.8. The Hall–Kier alpha value is -2.26. The molecule has 1 aliphatic heterocycles. The summed E-state index contributed by atoms with van der Waals surface area (Å²) in [5.41, 5.74) is 0.0491. The fourth-order valence-electron chi connectivity index (χ4n) is 2.40. The summed E-state index contributed by atoms with van der Waals surface area (Å²) in [6, 6.07) is 5.36. The zero-order chi connectivity index (χ0) is 21.9. The second kappa shape index (κ2) is 8.83. The van der Waals surface area contributed by atoms with E-state index in [9.17, 15) is 22.8 Å². The van der Waals surface area contributed by atoms with E-state index in [0.717, 1.165) is 11.3 Å². The largest absolute Gasteiger partial charge is 0.469 e. The first kappa shape index (κ1) is 23.8. The second-order valence-corrected chi connectivity index (χ2v) is 8.92. The van der Waals surface area contributed by atoms with Crippen LogP contribution in [0, 0.1) is 17.3 Å². The number of benzene rings is 1. The fourth-order valence-corrected chi connectivity index (χ4v) is 2.92. The number of primary sulfonamides is 1. The number of hydrogen-bond donors (Lipinski definition) is 1. The number of hydrogen-bond acceptors (Lipinski definition) is 6. The molecule has 0 radical (unpaired) electrons. The molecule has 0 bridgehead atoms. The molecule has 2 rings (SSSR count). The standard InChI is InChI=1S/C12H14N2O4S.C7H14O2/c1-7-8(2)12(16)14(11(7)15)9-3-5-10(6-4-9)19(13,17)18;1-5-7(2,3)6(8)9-4/h3-8H,1-2H3,(H2,13,17,18);5H2,1-4H3. The minimum atomic E-state index is -3.78. The number of imide groups is 1. The van der Waals surface area contributed by atoms with E-state index in [-0.39, 0.29) is 39.9 Å². The Morgan fingerprint density at radius 2 is 1.54 bits per heavy atom. The number of anilines is 1. The monoisotopic (exact) mass is 412 g/mol. The van der Waals surface area contributed by atoms with Gasteiger partial charge in [-0.25, -0.2) is 13.6 Å². The number of nitrogens with two attached hydrogens (primary N) is 1. The van der Waals surface area contributed by atoms with Gasteiger partial charge in [0.15, 0.2) is 0 Å². The van der Waals surface area contributed by atoms with Gasteiger partial charge in [0.25, 0.3) is 0 Å². The molecule has 1 fully saturated rings. The molecule has 28 heavy (non-hydrogen) atoms. The molecule has 156 valence electrons. The van der Waals surface area contributed by atoms with E-state index >= 15 is 0 Å². The molecule has 1 aromatic rings. The van der Waals surface area contributed by atoms with E-state index in [1.165, 1.54) is 31.4 Å². The highest BCUT2D eigenvalue weighted by atomic mass is 32.2. The lowest BCUT2D eigenvalue weighted by atomic mass is 9.91. The molecule has 1 aromatic carbocycles. The third-order valence-corrected chi connectivity index (χ3v) is 5.94. The van der Waals surface area contributed by atoms with Crippen LogP contribution in [0.15, 0.2) is 29.2 Å². The van der Waals surface area contributed by atoms with E-state index in [4.69, 9.17) is 5.14 Å². The topological polar surface area (TPSA) is 124 Å². The van der Waals surface area contributed by atoms with Crippen LogP contribution in [0.3, 0.4) is 0 Å². The van der Waals surface area contributed by atoms with E-state index in [1.54, 1.807) is 13.8 Å². The predicted octanol–water partition coefficient (Wildman–Crippen LogP) is 2.07. The molecule has 0 saturated carbocycles. The average Bonchev–Trinajstić information content (AvgIpc) is 2.84. The van der Waals surface area contributed by atoms with Crippen molar-refractivity contribution in [1.29, 1.82) is 0 Å². The van der Waals surface area contributed by atoms with Crippen LogP contribution in [0.2, 0.25) is 0 Å². The summed E-state index contributed by atoms with van der Waals surface area (Å²) >= 11 is 0. The lowest BCUT2D eigenvalue weighted by Crippen LogP contribution is -2.30. The zero-order valence-electron chi connectivity index (χ0n) is 17.1. The number of methoxy groups -OCH3 is 1. The predicted molar refractivity (Wildman–Crippen MR) is 105 cm³/mol. The number of nitrogens with zero attached hydrogens (tertiary/aromatic N) is 1. The third kappa shape index (κ3) is 5.17. The number of carbonyl (C=O) groups excluding carboxylic acids is 3. The highest BCUT2D eigenvalue weighted by Crippen LogP contribution is 2.30. The maximum Gasteiger partial charge on any atom is 0.311 e. The molecule has 9 heteroatoms. The van der Waals surface area contributed by atoms with Gasteiger partial charge in [-0.2, -0.15) is 0 Å². The first-order valence-electron chi connectivity index (χ1n) is 8.87. The van der Waals surface area contributed by atoms with Gasteiger partial charge in [0.2, 0.25) is 21.8 Å². The van der Waals surface area contributed by atoms with Crippen molar-refractivity contribution in [3.63, 3.8) is 0 Å². The minimum Gasteiger partial charge on any atom is -0.469 e. The lowest BCUT2D eigenvalue weighted by molar-refractivity contribution is -0.150. The van der Waals surface area contributed by atoms with Crippen LogP contribution in [-0.4, -0.2) is 33.3 Å². The van der Waals surface area contributed by atoms with E-state index < -0.39 is 10.0 Å². The summed E-state index contributed by atoms with van der Waals surface area (Å²) in [7, 11) is -2.36. The van der Waals surface area contributed by atoms with Gasteiger partial charge in [0.1, 0.15) is 0 Å². The number of amides is 2. The van der Waals surface area contributed by atoms with Crippen LogP contribution in [0.5, 0.6) is 0 Å². The number of esters is 1. The van der Waals surface area contributed by atoms with Crippen molar-refractivity contribution in [3.8, 4) is 0 Å². The Labute approximate surface area is 166 Å². The Kier molecular flexibility index (Phi) is 7.50.